The Bertz CT molecular complexity index is 788. The molecule has 2 heterocycles. The van der Waals surface area contributed by atoms with Crippen LogP contribution in [-0.2, 0) is 0 Å². The van der Waals surface area contributed by atoms with Crippen LogP contribution in [0.15, 0.2) is 36.8 Å². The Hall–Kier alpha value is -2.67. The number of nitrogens with zero attached hydrogens (tertiary/aromatic N) is 5. The number of hydrogen-bond donors (Lipinski definition) is 1. The number of halogens is 1. The van der Waals surface area contributed by atoms with E-state index in [4.69, 9.17) is 22.1 Å². The Balaban J connectivity index is 2.02. The van der Waals surface area contributed by atoms with Crippen molar-refractivity contribution in [3.63, 3.8) is 0 Å². The fourth-order valence-corrected chi connectivity index (χ4v) is 1.95. The van der Waals surface area contributed by atoms with Gasteiger partial charge in [0, 0.05) is 11.3 Å². The lowest BCUT2D eigenvalue weighted by atomic mass is 10.2. The normalized spacial score (nSPS) is 10.6. The summed E-state index contributed by atoms with van der Waals surface area (Å²) in [6.45, 7) is 0. The van der Waals surface area contributed by atoms with Crippen LogP contribution < -0.4 is 10.5 Å². The van der Waals surface area contributed by atoms with Crippen molar-refractivity contribution in [2.45, 2.75) is 0 Å². The van der Waals surface area contributed by atoms with Gasteiger partial charge in [-0.25, -0.2) is 14.6 Å². The van der Waals surface area contributed by atoms with Crippen LogP contribution in [0.25, 0.3) is 17.2 Å². The number of hydrogen-bond acceptors (Lipinski definition) is 6. The van der Waals surface area contributed by atoms with Crippen LogP contribution in [0.1, 0.15) is 0 Å². The van der Waals surface area contributed by atoms with Crippen molar-refractivity contribution in [2.24, 2.45) is 0 Å². The summed E-state index contributed by atoms with van der Waals surface area (Å²) in [5.74, 6) is 0.919. The highest BCUT2D eigenvalue weighted by Crippen LogP contribution is 2.21. The van der Waals surface area contributed by atoms with Gasteiger partial charge in [0.2, 0.25) is 0 Å². The maximum atomic E-state index is 6.08. The second-order valence-electron chi connectivity index (χ2n) is 4.17. The molecule has 0 saturated heterocycles. The Morgan fingerprint density at radius 3 is 2.90 bits per heavy atom. The average Bonchev–Trinajstić information content (AvgIpc) is 2.97. The number of methoxy groups -OCH3 is 1. The molecule has 3 aromatic rings. The summed E-state index contributed by atoms with van der Waals surface area (Å²) in [4.78, 5) is 12.3. The van der Waals surface area contributed by atoms with E-state index in [0.717, 1.165) is 5.56 Å². The van der Waals surface area contributed by atoms with Crippen molar-refractivity contribution in [1.82, 2.24) is 24.7 Å². The fraction of sp³-hybridized carbons (Fsp3) is 0.0769. The van der Waals surface area contributed by atoms with E-state index < -0.39 is 0 Å². The van der Waals surface area contributed by atoms with Gasteiger partial charge in [0.05, 0.1) is 13.3 Å². The number of ether oxygens (including phenoxy) is 1. The molecule has 0 fully saturated rings. The first-order valence-electron chi connectivity index (χ1n) is 6.02. The summed E-state index contributed by atoms with van der Waals surface area (Å²) in [5.41, 5.74) is 7.21. The van der Waals surface area contributed by atoms with Crippen LogP contribution in [0.4, 0.5) is 5.69 Å². The van der Waals surface area contributed by atoms with Crippen molar-refractivity contribution in [3.8, 4) is 23.2 Å². The molecular formula is C13H11ClN6O. The molecule has 3 rings (SSSR count). The molecule has 8 heteroatoms. The van der Waals surface area contributed by atoms with Crippen LogP contribution in [0.2, 0.25) is 5.02 Å². The molecule has 0 spiro atoms. The molecule has 0 aliphatic rings. The number of anilines is 1. The number of aromatic nitrogens is 5. The Morgan fingerprint density at radius 1 is 1.29 bits per heavy atom. The lowest BCUT2D eigenvalue weighted by molar-refractivity contribution is 0.379. The maximum absolute atomic E-state index is 6.08. The second-order valence-corrected chi connectivity index (χ2v) is 4.57. The molecular weight excluding hydrogens is 292 g/mol. The zero-order valence-electron chi connectivity index (χ0n) is 11.1. The summed E-state index contributed by atoms with van der Waals surface area (Å²) in [5, 5.41) is 4.69. The molecule has 2 N–H and O–H groups in total. The highest BCUT2D eigenvalue weighted by Gasteiger charge is 2.11. The van der Waals surface area contributed by atoms with Gasteiger partial charge in [0.15, 0.2) is 11.6 Å². The first-order valence-corrected chi connectivity index (χ1v) is 6.39. The minimum Gasteiger partial charge on any atom is -0.467 e. The Labute approximate surface area is 125 Å². The topological polar surface area (TPSA) is 91.7 Å². The molecule has 0 radical (unpaired) electrons. The predicted octanol–water partition coefficient (Wildman–Crippen LogP) is 1.97. The first kappa shape index (κ1) is 13.3. The lowest BCUT2D eigenvalue weighted by Crippen LogP contribution is -2.02. The van der Waals surface area contributed by atoms with Crippen molar-refractivity contribution in [3.05, 3.63) is 41.8 Å². The number of nitrogens with two attached hydrogens (primary N) is 1. The van der Waals surface area contributed by atoms with Gasteiger partial charge in [-0.3, -0.25) is 0 Å². The molecule has 7 nitrogen and oxygen atoms in total. The third-order valence-corrected chi connectivity index (χ3v) is 3.01. The summed E-state index contributed by atoms with van der Waals surface area (Å²) >= 11 is 6.08. The third kappa shape index (κ3) is 2.63. The van der Waals surface area contributed by atoms with Gasteiger partial charge in [-0.1, -0.05) is 23.7 Å². The quantitative estimate of drug-likeness (QED) is 0.744. The zero-order valence-corrected chi connectivity index (χ0v) is 11.8. The predicted molar refractivity (Wildman–Crippen MR) is 78.4 cm³/mol. The smallest absolute Gasteiger partial charge is 0.318 e. The lowest BCUT2D eigenvalue weighted by Gasteiger charge is -2.03. The van der Waals surface area contributed by atoms with Crippen molar-refractivity contribution in [2.75, 3.05) is 12.8 Å². The molecule has 0 atom stereocenters. The number of nitrogen functional groups attached to an aromatic ring is 1. The molecule has 0 saturated carbocycles. The minimum absolute atomic E-state index is 0.204. The van der Waals surface area contributed by atoms with Crippen molar-refractivity contribution in [1.29, 1.82) is 0 Å². The molecule has 0 bridgehead atoms. The summed E-state index contributed by atoms with van der Waals surface area (Å²) in [6, 6.07) is 7.51. The molecule has 2 aromatic heterocycles. The summed E-state index contributed by atoms with van der Waals surface area (Å²) in [7, 11) is 1.48. The van der Waals surface area contributed by atoms with E-state index >= 15 is 0 Å². The van der Waals surface area contributed by atoms with Gasteiger partial charge in [-0.15, -0.1) is 5.10 Å². The van der Waals surface area contributed by atoms with E-state index in [-0.39, 0.29) is 6.01 Å². The Kier molecular flexibility index (Phi) is 3.41. The van der Waals surface area contributed by atoms with Crippen molar-refractivity contribution < 1.29 is 4.74 Å². The first-order chi connectivity index (χ1) is 10.2. The van der Waals surface area contributed by atoms with Crippen LogP contribution in [-0.4, -0.2) is 31.8 Å². The van der Waals surface area contributed by atoms with Gasteiger partial charge in [-0.2, -0.15) is 4.98 Å². The van der Waals surface area contributed by atoms with Crippen LogP contribution in [0, 0.1) is 0 Å². The van der Waals surface area contributed by atoms with Crippen LogP contribution >= 0.6 is 11.6 Å². The van der Waals surface area contributed by atoms with Gasteiger partial charge in [0.1, 0.15) is 11.3 Å². The molecule has 0 unspecified atom stereocenters. The summed E-state index contributed by atoms with van der Waals surface area (Å²) < 4.78 is 6.44. The van der Waals surface area contributed by atoms with E-state index in [1.54, 1.807) is 12.1 Å². The average molecular weight is 303 g/mol. The molecule has 1 aromatic carbocycles. The minimum atomic E-state index is 0.204. The highest BCUT2D eigenvalue weighted by atomic mass is 35.5. The van der Waals surface area contributed by atoms with Crippen LogP contribution in [0.5, 0.6) is 6.01 Å². The molecule has 0 aliphatic heterocycles. The van der Waals surface area contributed by atoms with E-state index in [1.807, 2.05) is 12.1 Å². The SMILES string of the molecule is COc1ncc(Cl)c(-n2cnc(-c3cccc(N)c3)n2)n1. The third-order valence-electron chi connectivity index (χ3n) is 2.74. The van der Waals surface area contributed by atoms with E-state index in [1.165, 1.54) is 24.3 Å². The number of benzene rings is 1. The van der Waals surface area contributed by atoms with E-state index in [0.29, 0.717) is 22.4 Å². The Morgan fingerprint density at radius 2 is 2.14 bits per heavy atom. The molecule has 0 amide bonds. The zero-order chi connectivity index (χ0) is 14.8. The standard InChI is InChI=1S/C13H11ClN6O/c1-21-13-16-6-10(14)12(18-13)20-7-17-11(19-20)8-3-2-4-9(15)5-8/h2-7H,15H2,1H3. The maximum Gasteiger partial charge on any atom is 0.318 e. The largest absolute Gasteiger partial charge is 0.467 e. The number of rotatable bonds is 3. The van der Waals surface area contributed by atoms with Gasteiger partial charge < -0.3 is 10.5 Å². The molecule has 106 valence electrons. The van der Waals surface area contributed by atoms with Crippen molar-refractivity contribution >= 4 is 17.3 Å². The van der Waals surface area contributed by atoms with Crippen LogP contribution in [0.3, 0.4) is 0 Å². The fourth-order valence-electron chi connectivity index (χ4n) is 1.78. The molecule has 21 heavy (non-hydrogen) atoms. The molecule has 0 aliphatic carbocycles. The van der Waals surface area contributed by atoms with E-state index in [2.05, 4.69) is 20.1 Å². The monoisotopic (exact) mass is 302 g/mol. The van der Waals surface area contributed by atoms with Gasteiger partial charge in [-0.05, 0) is 12.1 Å². The highest BCUT2D eigenvalue weighted by molar-refractivity contribution is 6.32. The van der Waals surface area contributed by atoms with Gasteiger partial charge in [0.25, 0.3) is 0 Å². The van der Waals surface area contributed by atoms with E-state index in [9.17, 15) is 0 Å². The van der Waals surface area contributed by atoms with Gasteiger partial charge >= 0.3 is 6.01 Å². The second kappa shape index (κ2) is 5.37. The summed E-state index contributed by atoms with van der Waals surface area (Å²) in [6.07, 6.45) is 2.97.